The number of hydrogen-bond donors (Lipinski definition) is 2. The van der Waals surface area contributed by atoms with Crippen molar-refractivity contribution in [2.45, 2.75) is 199 Å². The molecule has 322 valence electrons. The van der Waals surface area contributed by atoms with Crippen LogP contribution in [0.1, 0.15) is 147 Å². The minimum absolute atomic E-state index is 0.00492. The van der Waals surface area contributed by atoms with E-state index in [1.165, 1.54) is 5.56 Å². The van der Waals surface area contributed by atoms with Crippen molar-refractivity contribution in [3.63, 3.8) is 0 Å². The number of ether oxygens (including phenoxy) is 4. The second-order valence-electron chi connectivity index (χ2n) is 21.9. The van der Waals surface area contributed by atoms with E-state index in [0.29, 0.717) is 37.3 Å². The molecule has 2 saturated carbocycles. The van der Waals surface area contributed by atoms with Crippen molar-refractivity contribution in [1.29, 1.82) is 0 Å². The van der Waals surface area contributed by atoms with Crippen molar-refractivity contribution in [3.05, 3.63) is 42.2 Å². The predicted molar refractivity (Wildman–Crippen MR) is 234 cm³/mol. The molecule has 2 aromatic rings. The molecule has 3 aliphatic rings. The summed E-state index contributed by atoms with van der Waals surface area (Å²) in [5.41, 5.74) is 1.08. The summed E-state index contributed by atoms with van der Waals surface area (Å²) >= 11 is 0. The van der Waals surface area contributed by atoms with E-state index in [2.05, 4.69) is 134 Å². The Morgan fingerprint density at radius 3 is 1.98 bits per heavy atom. The molecule has 10 nitrogen and oxygen atoms in total. The van der Waals surface area contributed by atoms with E-state index in [1.807, 2.05) is 18.3 Å². The van der Waals surface area contributed by atoms with Crippen LogP contribution in [0, 0.1) is 0 Å². The molecule has 0 amide bonds. The summed E-state index contributed by atoms with van der Waals surface area (Å²) in [5, 5.41) is 7.60. The first kappa shape index (κ1) is 45.6. The van der Waals surface area contributed by atoms with Crippen molar-refractivity contribution in [3.8, 4) is 11.6 Å². The number of anilines is 1. The van der Waals surface area contributed by atoms with Gasteiger partial charge in [0, 0.05) is 67.1 Å². The molecule has 3 heterocycles. The maximum atomic E-state index is 6.48. The molecule has 1 aliphatic heterocycles. The molecule has 2 aromatic heterocycles. The van der Waals surface area contributed by atoms with Crippen molar-refractivity contribution >= 4 is 5.82 Å². The van der Waals surface area contributed by atoms with Crippen LogP contribution in [0.5, 0.6) is 11.6 Å². The molecule has 0 aromatic carbocycles. The molecule has 57 heavy (non-hydrogen) atoms. The van der Waals surface area contributed by atoms with E-state index < -0.39 is 0 Å². The van der Waals surface area contributed by atoms with Crippen LogP contribution in [0.3, 0.4) is 0 Å². The Morgan fingerprint density at radius 2 is 1.37 bits per heavy atom. The highest BCUT2D eigenvalue weighted by molar-refractivity contribution is 5.44. The second kappa shape index (κ2) is 18.0. The summed E-state index contributed by atoms with van der Waals surface area (Å²) < 4.78 is 24.5. The van der Waals surface area contributed by atoms with Gasteiger partial charge in [-0.15, -0.1) is 0 Å². The van der Waals surface area contributed by atoms with Gasteiger partial charge in [0.1, 0.15) is 23.3 Å². The van der Waals surface area contributed by atoms with Gasteiger partial charge in [0.2, 0.25) is 5.88 Å². The second-order valence-corrected chi connectivity index (χ2v) is 21.9. The van der Waals surface area contributed by atoms with Crippen molar-refractivity contribution in [2.75, 3.05) is 44.3 Å². The fraction of sp³-hybridized carbons (Fsp3) is 0.787. The van der Waals surface area contributed by atoms with Gasteiger partial charge >= 0.3 is 0 Å². The van der Waals surface area contributed by atoms with Gasteiger partial charge in [0.25, 0.3) is 0 Å². The van der Waals surface area contributed by atoms with E-state index >= 15 is 0 Å². The molecule has 10 heteroatoms. The Kier molecular flexibility index (Phi) is 14.4. The van der Waals surface area contributed by atoms with Crippen molar-refractivity contribution in [1.82, 2.24) is 25.5 Å². The Bertz CT molecular complexity index is 1540. The summed E-state index contributed by atoms with van der Waals surface area (Å²) in [6.45, 7) is 36.7. The van der Waals surface area contributed by atoms with Gasteiger partial charge in [-0.25, -0.2) is 9.97 Å². The summed E-state index contributed by atoms with van der Waals surface area (Å²) in [6.07, 6.45) is 11.5. The van der Waals surface area contributed by atoms with Gasteiger partial charge in [-0.1, -0.05) is 13.8 Å². The Labute approximate surface area is 346 Å². The molecular formula is C47H80N6O4. The molecule has 1 saturated heterocycles. The third-order valence-electron chi connectivity index (χ3n) is 12.0. The molecule has 0 radical (unpaired) electrons. The Balaban J connectivity index is 1.03. The van der Waals surface area contributed by atoms with Crippen LogP contribution in [-0.2, 0) is 14.9 Å². The maximum Gasteiger partial charge on any atom is 0.213 e. The lowest BCUT2D eigenvalue weighted by molar-refractivity contribution is -0.0761. The number of aromatic nitrogens is 2. The lowest BCUT2D eigenvalue weighted by Crippen LogP contribution is -2.55. The lowest BCUT2D eigenvalue weighted by atomic mass is 9.74. The largest absolute Gasteiger partial charge is 0.486 e. The average molecular weight is 793 g/mol. The van der Waals surface area contributed by atoms with E-state index in [1.54, 1.807) is 6.20 Å². The fourth-order valence-corrected chi connectivity index (χ4v) is 8.94. The third-order valence-corrected chi connectivity index (χ3v) is 12.0. The first-order valence-electron chi connectivity index (χ1n) is 21.9. The first-order chi connectivity index (χ1) is 26.4. The molecule has 0 bridgehead atoms. The quantitative estimate of drug-likeness (QED) is 0.135. The smallest absolute Gasteiger partial charge is 0.213 e. The number of nitrogens with one attached hydrogen (secondary N) is 2. The van der Waals surface area contributed by atoms with Crippen LogP contribution in [0.25, 0.3) is 0 Å². The summed E-state index contributed by atoms with van der Waals surface area (Å²) in [7, 11) is 0. The molecule has 2 N–H and O–H groups in total. The first-order valence-corrected chi connectivity index (χ1v) is 21.9. The van der Waals surface area contributed by atoms with Crippen molar-refractivity contribution < 1.29 is 18.9 Å². The molecule has 0 spiro atoms. The highest BCUT2D eigenvalue weighted by Crippen LogP contribution is 2.36. The SMILES string of the molecule is CC(C)(C)N[C@H]1C[C@@H](Oc2ccc(OC(C)(C)CCC(C)(C)N3CCN(c4cc(C(C)(C)CC(C)(C)N[C@H]5C[C@@H](OCCOC(C)(C)C)C5)ccn4)CC3)cn2)C1. The number of nitrogens with zero attached hydrogens (tertiary/aromatic N) is 4. The van der Waals surface area contributed by atoms with Gasteiger partial charge in [-0.05, 0) is 157 Å². The van der Waals surface area contributed by atoms with Crippen molar-refractivity contribution in [2.24, 2.45) is 0 Å². The van der Waals surface area contributed by atoms with E-state index in [4.69, 9.17) is 23.9 Å². The average Bonchev–Trinajstić information content (AvgIpc) is 3.06. The van der Waals surface area contributed by atoms with Crippen LogP contribution in [0.4, 0.5) is 5.82 Å². The molecule has 0 unspecified atom stereocenters. The van der Waals surface area contributed by atoms with Gasteiger partial charge in [0.15, 0.2) is 0 Å². The monoisotopic (exact) mass is 793 g/mol. The molecule has 2 aliphatic carbocycles. The van der Waals surface area contributed by atoms with E-state index in [9.17, 15) is 0 Å². The summed E-state index contributed by atoms with van der Waals surface area (Å²) in [5.74, 6) is 2.55. The van der Waals surface area contributed by atoms with Crippen LogP contribution < -0.4 is 25.0 Å². The zero-order valence-electron chi connectivity index (χ0n) is 38.4. The summed E-state index contributed by atoms with van der Waals surface area (Å²) in [6, 6.07) is 9.50. The van der Waals surface area contributed by atoms with Gasteiger partial charge in [-0.2, -0.15) is 0 Å². The predicted octanol–water partition coefficient (Wildman–Crippen LogP) is 8.71. The van der Waals surface area contributed by atoms with Gasteiger partial charge in [0.05, 0.1) is 31.1 Å². The lowest BCUT2D eigenvalue weighted by Gasteiger charge is -2.45. The zero-order valence-corrected chi connectivity index (χ0v) is 38.4. The minimum atomic E-state index is -0.319. The van der Waals surface area contributed by atoms with Gasteiger partial charge in [-0.3, -0.25) is 4.90 Å². The summed E-state index contributed by atoms with van der Waals surface area (Å²) in [4.78, 5) is 14.6. The van der Waals surface area contributed by atoms with E-state index in [-0.39, 0.29) is 39.3 Å². The van der Waals surface area contributed by atoms with E-state index in [0.717, 1.165) is 82.7 Å². The van der Waals surface area contributed by atoms with Crippen LogP contribution in [-0.4, -0.2) is 106 Å². The minimum Gasteiger partial charge on any atom is -0.486 e. The normalized spacial score (nSPS) is 22.9. The molecule has 5 rings (SSSR count). The molecule has 3 fully saturated rings. The highest BCUT2D eigenvalue weighted by Gasteiger charge is 2.38. The van der Waals surface area contributed by atoms with Gasteiger partial charge < -0.3 is 34.5 Å². The molecular weight excluding hydrogens is 713 g/mol. The fourth-order valence-electron chi connectivity index (χ4n) is 8.94. The Hall–Kier alpha value is -2.50. The topological polar surface area (TPSA) is 93.2 Å². The third kappa shape index (κ3) is 14.3. The zero-order chi connectivity index (χ0) is 41.9. The highest BCUT2D eigenvalue weighted by atomic mass is 16.5. The number of rotatable bonds is 19. The van der Waals surface area contributed by atoms with Crippen LogP contribution >= 0.6 is 0 Å². The number of pyridine rings is 2. The van der Waals surface area contributed by atoms with Crippen LogP contribution in [0.2, 0.25) is 0 Å². The van der Waals surface area contributed by atoms with Crippen LogP contribution in [0.15, 0.2) is 36.7 Å². The number of piperazine rings is 1. The Morgan fingerprint density at radius 1 is 0.719 bits per heavy atom. The number of hydrogen-bond acceptors (Lipinski definition) is 10. The standard InChI is InChI=1S/C47H80N6O4/c1-42(2,3)50-35-30-39(31-35)56-41-16-15-37(32-49-41)57-47(13,14)19-18-46(11,12)53-23-21-52(22-24-53)40-27-34(17-20-48-40)44(7,8)33-45(9,10)51-36-28-38(29-36)54-25-26-55-43(4,5)6/h15-17,20,27,32,35-36,38-39,50-51H,18-19,21-26,28-31,33H2,1-14H3/t35-,36-,38+,39+. The maximum absolute atomic E-state index is 6.48. The molecule has 0 atom stereocenters.